The van der Waals surface area contributed by atoms with Gasteiger partial charge in [0.25, 0.3) is 0 Å². The van der Waals surface area contributed by atoms with Crippen LogP contribution in [0.4, 0.5) is 5.82 Å². The molecule has 0 amide bonds. The number of nitrogens with two attached hydrogens (primary N) is 1. The second kappa shape index (κ2) is 3.06. The number of hydrogen-bond donors (Lipinski definition) is 2. The minimum absolute atomic E-state index is 0.439. The lowest BCUT2D eigenvalue weighted by atomic mass is 10.2. The summed E-state index contributed by atoms with van der Waals surface area (Å²) in [5.41, 5.74) is 7.17. The molecule has 0 fully saturated rings. The minimum atomic E-state index is 0.439. The van der Waals surface area contributed by atoms with Crippen molar-refractivity contribution in [3.63, 3.8) is 0 Å². The van der Waals surface area contributed by atoms with Gasteiger partial charge in [0.05, 0.1) is 10.7 Å². The molecule has 0 unspecified atom stereocenters. The fourth-order valence-corrected chi connectivity index (χ4v) is 1.27. The second-order valence-electron chi connectivity index (χ2n) is 2.56. The maximum Gasteiger partial charge on any atom is 0.124 e. The van der Waals surface area contributed by atoms with Gasteiger partial charge in [-0.05, 0) is 12.1 Å². The quantitative estimate of drug-likeness (QED) is 0.726. The summed E-state index contributed by atoms with van der Waals surface area (Å²) in [6.07, 6.45) is 3.18. The zero-order valence-electron chi connectivity index (χ0n) is 6.66. The van der Waals surface area contributed by atoms with E-state index in [0.717, 1.165) is 11.3 Å². The van der Waals surface area contributed by atoms with Gasteiger partial charge in [-0.2, -0.15) is 5.10 Å². The fourth-order valence-electron chi connectivity index (χ4n) is 1.07. The SMILES string of the molecule is Nc1cc(-c2ccn[nH]2)c(Cl)cn1. The molecule has 13 heavy (non-hydrogen) atoms. The number of anilines is 1. The summed E-state index contributed by atoms with van der Waals surface area (Å²) in [7, 11) is 0. The summed E-state index contributed by atoms with van der Waals surface area (Å²) in [6, 6.07) is 3.52. The number of nitrogens with zero attached hydrogens (tertiary/aromatic N) is 2. The first-order chi connectivity index (χ1) is 6.27. The lowest BCUT2D eigenvalue weighted by molar-refractivity contribution is 1.09. The van der Waals surface area contributed by atoms with Crippen molar-refractivity contribution in [1.82, 2.24) is 15.2 Å². The molecule has 0 aliphatic heterocycles. The molecule has 0 atom stereocenters. The normalized spacial score (nSPS) is 10.2. The number of nitrogen functional groups attached to an aromatic ring is 1. The molecular weight excluding hydrogens is 188 g/mol. The Morgan fingerprint density at radius 3 is 3.00 bits per heavy atom. The van der Waals surface area contributed by atoms with Crippen molar-refractivity contribution in [2.45, 2.75) is 0 Å². The van der Waals surface area contributed by atoms with Crippen LogP contribution in [-0.2, 0) is 0 Å². The zero-order valence-corrected chi connectivity index (χ0v) is 7.42. The van der Waals surface area contributed by atoms with Crippen molar-refractivity contribution in [3.8, 4) is 11.3 Å². The fraction of sp³-hybridized carbons (Fsp3) is 0. The van der Waals surface area contributed by atoms with Gasteiger partial charge < -0.3 is 5.73 Å². The molecule has 66 valence electrons. The Labute approximate surface area is 79.7 Å². The van der Waals surface area contributed by atoms with Crippen LogP contribution < -0.4 is 5.73 Å². The number of hydrogen-bond acceptors (Lipinski definition) is 3. The monoisotopic (exact) mass is 194 g/mol. The second-order valence-corrected chi connectivity index (χ2v) is 2.97. The molecular formula is C8H7ClN4. The Morgan fingerprint density at radius 2 is 2.31 bits per heavy atom. The molecule has 0 saturated carbocycles. The lowest BCUT2D eigenvalue weighted by Crippen LogP contribution is -1.90. The van der Waals surface area contributed by atoms with E-state index >= 15 is 0 Å². The standard InChI is InChI=1S/C8H7ClN4/c9-6-4-11-8(10)3-5(6)7-1-2-12-13-7/h1-4H,(H2,10,11)(H,12,13). The highest BCUT2D eigenvalue weighted by molar-refractivity contribution is 6.33. The van der Waals surface area contributed by atoms with E-state index in [9.17, 15) is 0 Å². The smallest absolute Gasteiger partial charge is 0.124 e. The van der Waals surface area contributed by atoms with E-state index in [0.29, 0.717) is 10.8 Å². The Hall–Kier alpha value is -1.55. The molecule has 2 aromatic heterocycles. The van der Waals surface area contributed by atoms with Gasteiger partial charge >= 0.3 is 0 Å². The summed E-state index contributed by atoms with van der Waals surface area (Å²) in [5.74, 6) is 0.439. The molecule has 0 aromatic carbocycles. The summed E-state index contributed by atoms with van der Waals surface area (Å²) >= 11 is 5.92. The van der Waals surface area contributed by atoms with Gasteiger partial charge in [0.2, 0.25) is 0 Å². The van der Waals surface area contributed by atoms with E-state index in [1.165, 1.54) is 6.20 Å². The van der Waals surface area contributed by atoms with Crippen LogP contribution in [0.25, 0.3) is 11.3 Å². The first-order valence-corrected chi connectivity index (χ1v) is 4.06. The van der Waals surface area contributed by atoms with E-state index in [1.807, 2.05) is 6.07 Å². The van der Waals surface area contributed by atoms with Crippen LogP contribution in [0.2, 0.25) is 5.02 Å². The van der Waals surface area contributed by atoms with Gasteiger partial charge in [0.15, 0.2) is 0 Å². The number of rotatable bonds is 1. The summed E-state index contributed by atoms with van der Waals surface area (Å²) in [4.78, 5) is 3.86. The van der Waals surface area contributed by atoms with E-state index in [4.69, 9.17) is 17.3 Å². The Bertz CT molecular complexity index is 410. The van der Waals surface area contributed by atoms with Gasteiger partial charge in [-0.3, -0.25) is 5.10 Å². The van der Waals surface area contributed by atoms with Crippen LogP contribution in [0, 0.1) is 0 Å². The number of aromatic nitrogens is 3. The predicted molar refractivity (Wildman–Crippen MR) is 51.2 cm³/mol. The highest BCUT2D eigenvalue weighted by Crippen LogP contribution is 2.26. The molecule has 2 aromatic rings. The molecule has 0 spiro atoms. The van der Waals surface area contributed by atoms with Crippen molar-refractivity contribution < 1.29 is 0 Å². The molecule has 4 nitrogen and oxygen atoms in total. The summed E-state index contributed by atoms with van der Waals surface area (Å²) in [5, 5.41) is 7.18. The molecule has 3 N–H and O–H groups in total. The largest absolute Gasteiger partial charge is 0.384 e. The average molecular weight is 195 g/mol. The Balaban J connectivity index is 2.57. The van der Waals surface area contributed by atoms with E-state index < -0.39 is 0 Å². The molecule has 0 bridgehead atoms. The van der Waals surface area contributed by atoms with Crippen molar-refractivity contribution >= 4 is 17.4 Å². The van der Waals surface area contributed by atoms with Crippen LogP contribution in [0.15, 0.2) is 24.5 Å². The van der Waals surface area contributed by atoms with Gasteiger partial charge in [0, 0.05) is 18.0 Å². The number of aromatic amines is 1. The molecule has 0 aliphatic carbocycles. The van der Waals surface area contributed by atoms with E-state index in [-0.39, 0.29) is 0 Å². The number of H-pyrrole nitrogens is 1. The topological polar surface area (TPSA) is 67.6 Å². The first kappa shape index (κ1) is 8.07. The number of pyridine rings is 1. The third-order valence-corrected chi connectivity index (χ3v) is 1.97. The van der Waals surface area contributed by atoms with Crippen LogP contribution in [0.3, 0.4) is 0 Å². The number of halogens is 1. The van der Waals surface area contributed by atoms with Gasteiger partial charge in [-0.1, -0.05) is 11.6 Å². The van der Waals surface area contributed by atoms with Crippen molar-refractivity contribution in [3.05, 3.63) is 29.5 Å². The molecule has 5 heteroatoms. The lowest BCUT2D eigenvalue weighted by Gasteiger charge is -2.00. The summed E-state index contributed by atoms with van der Waals surface area (Å²) < 4.78 is 0. The first-order valence-electron chi connectivity index (χ1n) is 3.68. The number of nitrogens with one attached hydrogen (secondary N) is 1. The Kier molecular flexibility index (Phi) is 1.90. The van der Waals surface area contributed by atoms with Crippen LogP contribution >= 0.6 is 11.6 Å². The van der Waals surface area contributed by atoms with Crippen molar-refractivity contribution in [1.29, 1.82) is 0 Å². The minimum Gasteiger partial charge on any atom is -0.384 e. The molecule has 2 rings (SSSR count). The highest BCUT2D eigenvalue weighted by Gasteiger charge is 2.05. The van der Waals surface area contributed by atoms with Crippen molar-refractivity contribution in [2.75, 3.05) is 5.73 Å². The summed E-state index contributed by atoms with van der Waals surface area (Å²) in [6.45, 7) is 0. The maximum atomic E-state index is 5.92. The third kappa shape index (κ3) is 1.48. The van der Waals surface area contributed by atoms with Crippen LogP contribution in [0.5, 0.6) is 0 Å². The Morgan fingerprint density at radius 1 is 1.46 bits per heavy atom. The van der Waals surface area contributed by atoms with Gasteiger partial charge in [-0.15, -0.1) is 0 Å². The van der Waals surface area contributed by atoms with Crippen LogP contribution in [0.1, 0.15) is 0 Å². The molecule has 0 saturated heterocycles. The van der Waals surface area contributed by atoms with Crippen molar-refractivity contribution in [2.24, 2.45) is 0 Å². The van der Waals surface area contributed by atoms with E-state index in [2.05, 4.69) is 15.2 Å². The predicted octanol–water partition coefficient (Wildman–Crippen LogP) is 1.71. The van der Waals surface area contributed by atoms with E-state index in [1.54, 1.807) is 12.3 Å². The van der Waals surface area contributed by atoms with Gasteiger partial charge in [0.1, 0.15) is 5.82 Å². The zero-order chi connectivity index (χ0) is 9.26. The molecule has 0 radical (unpaired) electrons. The maximum absolute atomic E-state index is 5.92. The van der Waals surface area contributed by atoms with Gasteiger partial charge in [-0.25, -0.2) is 4.98 Å². The molecule has 0 aliphatic rings. The average Bonchev–Trinajstić information content (AvgIpc) is 2.61. The molecule has 2 heterocycles. The van der Waals surface area contributed by atoms with Crippen LogP contribution in [-0.4, -0.2) is 15.2 Å². The highest BCUT2D eigenvalue weighted by atomic mass is 35.5. The third-order valence-electron chi connectivity index (χ3n) is 1.67.